The van der Waals surface area contributed by atoms with Crippen LogP contribution in [0.1, 0.15) is 10.4 Å². The number of carbonyl (C=O) groups is 1. The van der Waals surface area contributed by atoms with E-state index in [4.69, 9.17) is 5.11 Å². The number of aromatic nitrogens is 2. The predicted molar refractivity (Wildman–Crippen MR) is 55.3 cm³/mol. The maximum atomic E-state index is 10.9. The summed E-state index contributed by atoms with van der Waals surface area (Å²) in [5.41, 5.74) is 1.51. The lowest BCUT2D eigenvalue weighted by Crippen LogP contribution is -2.01. The van der Waals surface area contributed by atoms with Crippen molar-refractivity contribution in [1.29, 1.82) is 0 Å². The number of aromatic amines is 1. The number of nitrogens with one attached hydrogen (secondary N) is 2. The maximum Gasteiger partial charge on any atom is 0.337 e. The number of nitrogens with zero attached hydrogens (tertiary/aromatic N) is 1. The Labute approximate surface area is 85.8 Å². The number of hydrogen-bond donors (Lipinski definition) is 3. The zero-order valence-electron chi connectivity index (χ0n) is 7.77. The van der Waals surface area contributed by atoms with Gasteiger partial charge in [0.05, 0.1) is 23.1 Å². The van der Waals surface area contributed by atoms with Gasteiger partial charge in [-0.15, -0.1) is 0 Å². The molecule has 2 aromatic rings. The van der Waals surface area contributed by atoms with Gasteiger partial charge >= 0.3 is 5.97 Å². The Morgan fingerprint density at radius 2 is 2.20 bits per heavy atom. The van der Waals surface area contributed by atoms with E-state index in [2.05, 4.69) is 15.5 Å². The molecule has 0 amide bonds. The highest BCUT2D eigenvalue weighted by molar-refractivity contribution is 5.95. The van der Waals surface area contributed by atoms with Crippen LogP contribution in [0.4, 0.5) is 11.4 Å². The molecule has 0 radical (unpaired) electrons. The zero-order valence-corrected chi connectivity index (χ0v) is 7.77. The Morgan fingerprint density at radius 3 is 2.87 bits per heavy atom. The van der Waals surface area contributed by atoms with E-state index in [0.717, 1.165) is 5.69 Å². The molecule has 2 rings (SSSR count). The molecule has 0 aliphatic heterocycles. The molecule has 0 unspecified atom stereocenters. The number of rotatable bonds is 3. The number of anilines is 2. The molecule has 3 N–H and O–H groups in total. The Hall–Kier alpha value is -2.30. The second kappa shape index (κ2) is 3.83. The number of benzene rings is 1. The lowest BCUT2D eigenvalue weighted by Gasteiger charge is -2.06. The van der Waals surface area contributed by atoms with Gasteiger partial charge in [0.2, 0.25) is 0 Å². The minimum absolute atomic E-state index is 0.235. The third kappa shape index (κ3) is 1.96. The summed E-state index contributed by atoms with van der Waals surface area (Å²) >= 11 is 0. The SMILES string of the molecule is O=C(O)c1ccccc1Nc1cn[nH]c1. The first-order valence-corrected chi connectivity index (χ1v) is 4.35. The molecule has 0 atom stereocenters. The molecule has 1 aromatic heterocycles. The molecule has 0 aliphatic rings. The Balaban J connectivity index is 2.32. The summed E-state index contributed by atoms with van der Waals surface area (Å²) in [7, 11) is 0. The molecular weight excluding hydrogens is 194 g/mol. The van der Waals surface area contributed by atoms with Gasteiger partial charge in [0.25, 0.3) is 0 Å². The molecule has 1 heterocycles. The van der Waals surface area contributed by atoms with Crippen LogP contribution in [0.25, 0.3) is 0 Å². The second-order valence-corrected chi connectivity index (χ2v) is 2.96. The number of carboxylic acids is 1. The van der Waals surface area contributed by atoms with Crippen LogP contribution >= 0.6 is 0 Å². The van der Waals surface area contributed by atoms with Gasteiger partial charge in [-0.1, -0.05) is 12.1 Å². The average molecular weight is 203 g/mol. The minimum Gasteiger partial charge on any atom is -0.478 e. The molecule has 0 bridgehead atoms. The van der Waals surface area contributed by atoms with Crippen LogP contribution < -0.4 is 5.32 Å². The quantitative estimate of drug-likeness (QED) is 0.711. The van der Waals surface area contributed by atoms with Crippen molar-refractivity contribution in [2.45, 2.75) is 0 Å². The first-order valence-electron chi connectivity index (χ1n) is 4.35. The molecule has 0 spiro atoms. The highest BCUT2D eigenvalue weighted by Crippen LogP contribution is 2.19. The average Bonchev–Trinajstić information content (AvgIpc) is 2.71. The first kappa shape index (κ1) is 9.26. The van der Waals surface area contributed by atoms with Crippen molar-refractivity contribution < 1.29 is 9.90 Å². The fourth-order valence-corrected chi connectivity index (χ4v) is 1.25. The summed E-state index contributed by atoms with van der Waals surface area (Å²) < 4.78 is 0. The fourth-order valence-electron chi connectivity index (χ4n) is 1.25. The monoisotopic (exact) mass is 203 g/mol. The van der Waals surface area contributed by atoms with E-state index < -0.39 is 5.97 Å². The molecule has 15 heavy (non-hydrogen) atoms. The molecule has 0 fully saturated rings. The summed E-state index contributed by atoms with van der Waals surface area (Å²) in [6, 6.07) is 6.71. The molecule has 5 heteroatoms. The highest BCUT2D eigenvalue weighted by Gasteiger charge is 2.08. The van der Waals surface area contributed by atoms with Crippen LogP contribution in [0.2, 0.25) is 0 Å². The Morgan fingerprint density at radius 1 is 1.40 bits per heavy atom. The largest absolute Gasteiger partial charge is 0.478 e. The predicted octanol–water partition coefficient (Wildman–Crippen LogP) is 1.85. The summed E-state index contributed by atoms with van der Waals surface area (Å²) in [4.78, 5) is 10.9. The van der Waals surface area contributed by atoms with Gasteiger partial charge < -0.3 is 10.4 Å². The summed E-state index contributed by atoms with van der Waals surface area (Å²) in [5.74, 6) is -0.957. The Bertz CT molecular complexity index is 465. The van der Waals surface area contributed by atoms with Gasteiger partial charge in [-0.3, -0.25) is 5.10 Å². The van der Waals surface area contributed by atoms with Crippen LogP contribution in [0.15, 0.2) is 36.7 Å². The van der Waals surface area contributed by atoms with E-state index in [1.165, 1.54) is 0 Å². The lowest BCUT2D eigenvalue weighted by atomic mass is 10.2. The zero-order chi connectivity index (χ0) is 10.7. The summed E-state index contributed by atoms with van der Waals surface area (Å²) in [6.07, 6.45) is 3.23. The van der Waals surface area contributed by atoms with Crippen molar-refractivity contribution in [2.24, 2.45) is 0 Å². The number of aromatic carboxylic acids is 1. The van der Waals surface area contributed by atoms with Crippen LogP contribution in [-0.2, 0) is 0 Å². The number of para-hydroxylation sites is 1. The topological polar surface area (TPSA) is 78.0 Å². The van der Waals surface area contributed by atoms with E-state index in [1.807, 2.05) is 0 Å². The normalized spacial score (nSPS) is 9.87. The summed E-state index contributed by atoms with van der Waals surface area (Å²) in [5, 5.41) is 18.3. The molecule has 76 valence electrons. The van der Waals surface area contributed by atoms with E-state index in [9.17, 15) is 4.79 Å². The van der Waals surface area contributed by atoms with Gasteiger partial charge in [-0.05, 0) is 12.1 Å². The molecule has 1 aromatic carbocycles. The van der Waals surface area contributed by atoms with Crippen molar-refractivity contribution >= 4 is 17.3 Å². The van der Waals surface area contributed by atoms with Crippen LogP contribution in [0.3, 0.4) is 0 Å². The summed E-state index contributed by atoms with van der Waals surface area (Å²) in [6.45, 7) is 0. The maximum absolute atomic E-state index is 10.9. The van der Waals surface area contributed by atoms with Gasteiger partial charge in [0.15, 0.2) is 0 Å². The van der Waals surface area contributed by atoms with Crippen molar-refractivity contribution in [3.63, 3.8) is 0 Å². The third-order valence-electron chi connectivity index (χ3n) is 1.93. The van der Waals surface area contributed by atoms with Gasteiger partial charge in [-0.25, -0.2) is 4.79 Å². The molecule has 0 aliphatic carbocycles. The minimum atomic E-state index is -0.957. The molecule has 0 saturated carbocycles. The van der Waals surface area contributed by atoms with E-state index in [1.54, 1.807) is 36.7 Å². The first-order chi connectivity index (χ1) is 7.27. The highest BCUT2D eigenvalue weighted by atomic mass is 16.4. The number of H-pyrrole nitrogens is 1. The van der Waals surface area contributed by atoms with Crippen LogP contribution in [-0.4, -0.2) is 21.3 Å². The van der Waals surface area contributed by atoms with Gasteiger partial charge in [0, 0.05) is 6.20 Å². The molecular formula is C10H9N3O2. The van der Waals surface area contributed by atoms with Crippen LogP contribution in [0, 0.1) is 0 Å². The molecule has 5 nitrogen and oxygen atoms in total. The van der Waals surface area contributed by atoms with E-state index in [0.29, 0.717) is 5.69 Å². The van der Waals surface area contributed by atoms with Crippen molar-refractivity contribution in [1.82, 2.24) is 10.2 Å². The van der Waals surface area contributed by atoms with Gasteiger partial charge in [-0.2, -0.15) is 5.10 Å². The fraction of sp³-hybridized carbons (Fsp3) is 0. The number of hydrogen-bond acceptors (Lipinski definition) is 3. The van der Waals surface area contributed by atoms with E-state index >= 15 is 0 Å². The smallest absolute Gasteiger partial charge is 0.337 e. The van der Waals surface area contributed by atoms with Crippen molar-refractivity contribution in [3.8, 4) is 0 Å². The lowest BCUT2D eigenvalue weighted by molar-refractivity contribution is 0.0698. The van der Waals surface area contributed by atoms with Crippen LogP contribution in [0.5, 0.6) is 0 Å². The molecule has 0 saturated heterocycles. The second-order valence-electron chi connectivity index (χ2n) is 2.96. The van der Waals surface area contributed by atoms with Crippen molar-refractivity contribution in [2.75, 3.05) is 5.32 Å². The third-order valence-corrected chi connectivity index (χ3v) is 1.93. The standard InChI is InChI=1S/C10H9N3O2/c14-10(15)8-3-1-2-4-9(8)13-7-5-11-12-6-7/h1-6,13H,(H,11,12)(H,14,15). The van der Waals surface area contributed by atoms with Gasteiger partial charge in [0.1, 0.15) is 0 Å². The number of carboxylic acid groups (broad SMARTS) is 1. The van der Waals surface area contributed by atoms with E-state index in [-0.39, 0.29) is 5.56 Å². The Kier molecular flexibility index (Phi) is 2.37. The van der Waals surface area contributed by atoms with Crippen molar-refractivity contribution in [3.05, 3.63) is 42.2 Å².